The first-order valence-electron chi connectivity index (χ1n) is 8.52. The standard InChI is InChI=1S/C18H29N3/c1-21(2)18(11-4-3-5-12-18)17(19)15-10-6-8-14-9-7-13-20-16(14)15/h7,9,13,15,17H,3-6,8,10-12,19H2,1-2H3. The van der Waals surface area contributed by atoms with Crippen LogP contribution in [0.2, 0.25) is 0 Å². The SMILES string of the molecule is CN(C)C1(C(N)C2CCCc3cccnc32)CCCCC1. The van der Waals surface area contributed by atoms with Crippen LogP contribution in [0.15, 0.2) is 18.3 Å². The molecule has 1 fully saturated rings. The lowest BCUT2D eigenvalue weighted by atomic mass is 9.68. The average Bonchev–Trinajstić information content (AvgIpc) is 2.54. The molecule has 2 N–H and O–H groups in total. The molecule has 2 aliphatic carbocycles. The average molecular weight is 287 g/mol. The van der Waals surface area contributed by atoms with E-state index in [0.717, 1.165) is 0 Å². The summed E-state index contributed by atoms with van der Waals surface area (Å²) in [5.74, 6) is 0.426. The van der Waals surface area contributed by atoms with Crippen molar-refractivity contribution in [2.45, 2.75) is 68.9 Å². The van der Waals surface area contributed by atoms with E-state index in [0.29, 0.717) is 5.92 Å². The Hall–Kier alpha value is -0.930. The zero-order valence-corrected chi connectivity index (χ0v) is 13.5. The summed E-state index contributed by atoms with van der Waals surface area (Å²) in [4.78, 5) is 7.12. The van der Waals surface area contributed by atoms with E-state index in [-0.39, 0.29) is 11.6 Å². The summed E-state index contributed by atoms with van der Waals surface area (Å²) < 4.78 is 0. The van der Waals surface area contributed by atoms with Crippen molar-refractivity contribution < 1.29 is 0 Å². The number of fused-ring (bicyclic) bond motifs is 1. The van der Waals surface area contributed by atoms with Crippen LogP contribution in [-0.4, -0.2) is 35.6 Å². The van der Waals surface area contributed by atoms with Gasteiger partial charge in [0.05, 0.1) is 0 Å². The third-order valence-electron chi connectivity index (χ3n) is 5.90. The lowest BCUT2D eigenvalue weighted by Crippen LogP contribution is -2.60. The molecule has 3 heteroatoms. The van der Waals surface area contributed by atoms with Crippen molar-refractivity contribution in [3.8, 4) is 0 Å². The van der Waals surface area contributed by atoms with Crippen LogP contribution in [0.5, 0.6) is 0 Å². The number of nitrogens with two attached hydrogens (primary N) is 1. The summed E-state index contributed by atoms with van der Waals surface area (Å²) in [5.41, 5.74) is 9.76. The highest BCUT2D eigenvalue weighted by Crippen LogP contribution is 2.42. The predicted molar refractivity (Wildman–Crippen MR) is 87.4 cm³/mol. The van der Waals surface area contributed by atoms with Crippen molar-refractivity contribution in [2.75, 3.05) is 14.1 Å². The van der Waals surface area contributed by atoms with Gasteiger partial charge in [0.2, 0.25) is 0 Å². The predicted octanol–water partition coefficient (Wildman–Crippen LogP) is 3.09. The summed E-state index contributed by atoms with van der Waals surface area (Å²) >= 11 is 0. The number of likely N-dealkylation sites (N-methyl/N-ethyl adjacent to an activating group) is 1. The maximum Gasteiger partial charge on any atom is 0.0482 e. The van der Waals surface area contributed by atoms with E-state index in [1.807, 2.05) is 6.20 Å². The highest BCUT2D eigenvalue weighted by atomic mass is 15.2. The molecule has 0 radical (unpaired) electrons. The van der Waals surface area contributed by atoms with Gasteiger partial charge in [-0.15, -0.1) is 0 Å². The topological polar surface area (TPSA) is 42.1 Å². The smallest absolute Gasteiger partial charge is 0.0482 e. The summed E-state index contributed by atoms with van der Waals surface area (Å²) in [6, 6.07) is 4.50. The highest BCUT2D eigenvalue weighted by molar-refractivity contribution is 5.29. The normalized spacial score (nSPS) is 26.4. The van der Waals surface area contributed by atoms with Gasteiger partial charge >= 0.3 is 0 Å². The van der Waals surface area contributed by atoms with Crippen molar-refractivity contribution >= 4 is 0 Å². The maximum absolute atomic E-state index is 6.89. The molecule has 0 aromatic carbocycles. The maximum atomic E-state index is 6.89. The van der Waals surface area contributed by atoms with Crippen molar-refractivity contribution in [1.82, 2.24) is 9.88 Å². The first-order chi connectivity index (χ1) is 10.1. The summed E-state index contributed by atoms with van der Waals surface area (Å²) in [6.45, 7) is 0. The number of pyridine rings is 1. The van der Waals surface area contributed by atoms with E-state index in [4.69, 9.17) is 10.7 Å². The third kappa shape index (κ3) is 2.62. The van der Waals surface area contributed by atoms with Gasteiger partial charge in [-0.2, -0.15) is 0 Å². The second kappa shape index (κ2) is 6.05. The molecule has 1 aromatic heterocycles. The molecule has 0 amide bonds. The van der Waals surface area contributed by atoms with E-state index in [1.165, 1.54) is 62.6 Å². The molecule has 2 unspecified atom stereocenters. The zero-order valence-electron chi connectivity index (χ0n) is 13.5. The first-order valence-corrected chi connectivity index (χ1v) is 8.52. The van der Waals surface area contributed by atoms with Crippen LogP contribution in [0.4, 0.5) is 0 Å². The van der Waals surface area contributed by atoms with Crippen molar-refractivity contribution in [2.24, 2.45) is 5.73 Å². The lowest BCUT2D eigenvalue weighted by molar-refractivity contribution is 0.0583. The molecule has 2 aliphatic rings. The largest absolute Gasteiger partial charge is 0.326 e. The van der Waals surface area contributed by atoms with E-state index in [9.17, 15) is 0 Å². The molecule has 1 saturated carbocycles. The van der Waals surface area contributed by atoms with E-state index >= 15 is 0 Å². The fourth-order valence-electron chi connectivity index (χ4n) is 4.61. The zero-order chi connectivity index (χ0) is 14.9. The quantitative estimate of drug-likeness (QED) is 0.929. The van der Waals surface area contributed by atoms with Crippen LogP contribution < -0.4 is 5.73 Å². The van der Waals surface area contributed by atoms with Crippen LogP contribution in [0.25, 0.3) is 0 Å². The van der Waals surface area contributed by atoms with Gasteiger partial charge in [0.15, 0.2) is 0 Å². The van der Waals surface area contributed by atoms with Gasteiger partial charge in [-0.05, 0) is 57.8 Å². The number of aryl methyl sites for hydroxylation is 1. The highest BCUT2D eigenvalue weighted by Gasteiger charge is 2.44. The Labute approximate surface area is 128 Å². The molecule has 0 aliphatic heterocycles. The van der Waals surface area contributed by atoms with Gasteiger partial charge in [0.1, 0.15) is 0 Å². The number of hydrogen-bond acceptors (Lipinski definition) is 3. The monoisotopic (exact) mass is 287 g/mol. The van der Waals surface area contributed by atoms with Crippen molar-refractivity contribution in [1.29, 1.82) is 0 Å². The molecule has 1 aromatic rings. The van der Waals surface area contributed by atoms with Gasteiger partial charge in [-0.25, -0.2) is 0 Å². The second-order valence-electron chi connectivity index (χ2n) is 7.13. The van der Waals surface area contributed by atoms with Crippen LogP contribution in [0.1, 0.15) is 62.1 Å². The Bertz CT molecular complexity index is 477. The van der Waals surface area contributed by atoms with Crippen LogP contribution >= 0.6 is 0 Å². The Morgan fingerprint density at radius 2 is 2.00 bits per heavy atom. The van der Waals surface area contributed by atoms with Crippen LogP contribution in [0.3, 0.4) is 0 Å². The molecule has 0 spiro atoms. The van der Waals surface area contributed by atoms with E-state index in [2.05, 4.69) is 31.1 Å². The molecule has 3 rings (SSSR count). The van der Waals surface area contributed by atoms with Gasteiger partial charge in [0, 0.05) is 29.4 Å². The Morgan fingerprint density at radius 1 is 1.24 bits per heavy atom. The van der Waals surface area contributed by atoms with Gasteiger partial charge in [-0.3, -0.25) is 4.98 Å². The molecule has 1 heterocycles. The molecule has 0 saturated heterocycles. The van der Waals surface area contributed by atoms with E-state index in [1.54, 1.807) is 0 Å². The van der Waals surface area contributed by atoms with Gasteiger partial charge in [0.25, 0.3) is 0 Å². The summed E-state index contributed by atoms with van der Waals surface area (Å²) in [6.07, 6.45) is 12.0. The van der Waals surface area contributed by atoms with Crippen molar-refractivity contribution in [3.05, 3.63) is 29.6 Å². The van der Waals surface area contributed by atoms with Crippen LogP contribution in [0, 0.1) is 0 Å². The summed E-state index contributed by atoms with van der Waals surface area (Å²) in [5, 5.41) is 0. The first kappa shape index (κ1) is 15.0. The van der Waals surface area contributed by atoms with E-state index < -0.39 is 0 Å². The van der Waals surface area contributed by atoms with Gasteiger partial charge < -0.3 is 10.6 Å². The third-order valence-corrected chi connectivity index (χ3v) is 5.90. The molecule has 3 nitrogen and oxygen atoms in total. The number of aromatic nitrogens is 1. The Morgan fingerprint density at radius 3 is 2.71 bits per heavy atom. The molecule has 2 atom stereocenters. The molecule has 0 bridgehead atoms. The fourth-order valence-corrected chi connectivity index (χ4v) is 4.61. The van der Waals surface area contributed by atoms with Crippen LogP contribution in [-0.2, 0) is 6.42 Å². The molecular weight excluding hydrogens is 258 g/mol. The minimum absolute atomic E-state index is 0.162. The summed E-state index contributed by atoms with van der Waals surface area (Å²) in [7, 11) is 4.43. The Kier molecular flexibility index (Phi) is 4.32. The molecule has 116 valence electrons. The minimum atomic E-state index is 0.162. The Balaban J connectivity index is 1.92. The second-order valence-corrected chi connectivity index (χ2v) is 7.13. The fraction of sp³-hybridized carbons (Fsp3) is 0.722. The lowest BCUT2D eigenvalue weighted by Gasteiger charge is -2.50. The number of rotatable bonds is 3. The van der Waals surface area contributed by atoms with Crippen molar-refractivity contribution in [3.63, 3.8) is 0 Å². The molecular formula is C18H29N3. The van der Waals surface area contributed by atoms with Gasteiger partial charge in [-0.1, -0.05) is 25.3 Å². The molecule has 21 heavy (non-hydrogen) atoms. The number of hydrogen-bond donors (Lipinski definition) is 1. The number of nitrogens with zero attached hydrogens (tertiary/aromatic N) is 2. The minimum Gasteiger partial charge on any atom is -0.326 e.